The summed E-state index contributed by atoms with van der Waals surface area (Å²) in [6.45, 7) is 1.01. The van der Waals surface area contributed by atoms with Gasteiger partial charge in [0, 0.05) is 35.3 Å². The number of nitrogens with one attached hydrogen (secondary N) is 3. The predicted octanol–water partition coefficient (Wildman–Crippen LogP) is 2.94. The summed E-state index contributed by atoms with van der Waals surface area (Å²) < 4.78 is 1.28. The van der Waals surface area contributed by atoms with E-state index in [1.165, 1.54) is 17.0 Å². The van der Waals surface area contributed by atoms with E-state index in [-0.39, 0.29) is 23.9 Å². The average Bonchev–Trinajstić information content (AvgIpc) is 3.35. The van der Waals surface area contributed by atoms with Crippen LogP contribution in [0.5, 0.6) is 0 Å². The average molecular weight is 508 g/mol. The highest BCUT2D eigenvalue weighted by atomic mass is 35.5. The highest BCUT2D eigenvalue weighted by Gasteiger charge is 2.09. The normalized spacial score (nSPS) is 10.9. The van der Waals surface area contributed by atoms with Gasteiger partial charge >= 0.3 is 0 Å². The minimum Gasteiger partial charge on any atom is -0.355 e. The van der Waals surface area contributed by atoms with E-state index in [9.17, 15) is 14.4 Å². The van der Waals surface area contributed by atoms with Crippen LogP contribution >= 0.6 is 11.6 Å². The van der Waals surface area contributed by atoms with Crippen molar-refractivity contribution in [2.45, 2.75) is 32.2 Å². The number of benzene rings is 2. The molecule has 0 atom stereocenters. The van der Waals surface area contributed by atoms with Gasteiger partial charge in [-0.05, 0) is 43.2 Å². The van der Waals surface area contributed by atoms with Gasteiger partial charge in [0.1, 0.15) is 17.6 Å². The topological polar surface area (TPSA) is 135 Å². The largest absolute Gasteiger partial charge is 0.355 e. The third kappa shape index (κ3) is 6.76. The Morgan fingerprint density at radius 1 is 0.889 bits per heavy atom. The molecule has 0 unspecified atom stereocenters. The maximum absolute atomic E-state index is 12.4. The van der Waals surface area contributed by atoms with E-state index in [0.717, 1.165) is 36.8 Å². The second kappa shape index (κ2) is 12.1. The summed E-state index contributed by atoms with van der Waals surface area (Å²) in [4.78, 5) is 41.1. The van der Waals surface area contributed by atoms with Crippen molar-refractivity contribution < 1.29 is 9.59 Å². The fourth-order valence-electron chi connectivity index (χ4n) is 3.65. The van der Waals surface area contributed by atoms with Crippen molar-refractivity contribution in [1.29, 1.82) is 0 Å². The first-order chi connectivity index (χ1) is 17.5. The number of H-pyrrole nitrogens is 1. The lowest BCUT2D eigenvalue weighted by Crippen LogP contribution is -2.32. The summed E-state index contributed by atoms with van der Waals surface area (Å²) in [5.74, 6) is -0.382. The van der Waals surface area contributed by atoms with Gasteiger partial charge in [-0.2, -0.15) is 15.4 Å². The van der Waals surface area contributed by atoms with Crippen molar-refractivity contribution in [3.63, 3.8) is 0 Å². The van der Waals surface area contributed by atoms with Gasteiger partial charge in [0.15, 0.2) is 0 Å². The first-order valence-corrected chi connectivity index (χ1v) is 12.1. The zero-order chi connectivity index (χ0) is 25.3. The van der Waals surface area contributed by atoms with Gasteiger partial charge in [-0.15, -0.1) is 0 Å². The number of amides is 2. The highest BCUT2D eigenvalue weighted by Crippen LogP contribution is 2.18. The molecule has 0 radical (unpaired) electrons. The summed E-state index contributed by atoms with van der Waals surface area (Å²) in [6.07, 6.45) is 4.87. The molecule has 36 heavy (non-hydrogen) atoms. The summed E-state index contributed by atoms with van der Waals surface area (Å²) >= 11 is 5.89. The summed E-state index contributed by atoms with van der Waals surface area (Å²) in [7, 11) is 0. The molecule has 0 saturated carbocycles. The fraction of sp³-hybridized carbons (Fsp3) is 0.280. The van der Waals surface area contributed by atoms with Gasteiger partial charge in [0.2, 0.25) is 5.91 Å². The van der Waals surface area contributed by atoms with Gasteiger partial charge in [0.05, 0.1) is 12.0 Å². The Labute approximate surface area is 212 Å². The van der Waals surface area contributed by atoms with Crippen LogP contribution in [0.4, 0.5) is 0 Å². The molecule has 0 fully saturated rings. The molecule has 4 aromatic rings. The van der Waals surface area contributed by atoms with Gasteiger partial charge in [-0.3, -0.25) is 19.0 Å². The molecule has 2 aromatic carbocycles. The molecule has 0 aliphatic rings. The number of carbonyl (C=O) groups excluding carboxylic acids is 2. The number of carbonyl (C=O) groups is 2. The molecular weight excluding hydrogens is 482 g/mol. The molecule has 4 rings (SSSR count). The van der Waals surface area contributed by atoms with Crippen LogP contribution in [0.25, 0.3) is 22.3 Å². The Bertz CT molecular complexity index is 1400. The molecule has 2 amide bonds. The molecule has 2 heterocycles. The predicted molar refractivity (Wildman–Crippen MR) is 137 cm³/mol. The lowest BCUT2D eigenvalue weighted by Gasteiger charge is -2.08. The third-order valence-electron chi connectivity index (χ3n) is 5.62. The molecular formula is C25H26ClN7O3. The smallest absolute Gasteiger partial charge is 0.254 e. The van der Waals surface area contributed by atoms with Gasteiger partial charge in [0.25, 0.3) is 11.5 Å². The number of rotatable bonds is 11. The molecule has 10 nitrogen and oxygen atoms in total. The molecule has 0 spiro atoms. The van der Waals surface area contributed by atoms with Crippen molar-refractivity contribution in [3.05, 3.63) is 75.8 Å². The van der Waals surface area contributed by atoms with Crippen molar-refractivity contribution in [2.24, 2.45) is 0 Å². The summed E-state index contributed by atoms with van der Waals surface area (Å²) in [6, 6.07) is 13.6. The Morgan fingerprint density at radius 3 is 2.36 bits per heavy atom. The van der Waals surface area contributed by atoms with Crippen LogP contribution in [0.3, 0.4) is 0 Å². The SMILES string of the molecule is O=C(Cn1cnc(-c2ccc(Cl)cc2)cc1=O)NCCCCCCNC(=O)c1ccc2n[nH]nc2c1. The van der Waals surface area contributed by atoms with Crippen LogP contribution in [0.15, 0.2) is 59.7 Å². The number of halogens is 1. The van der Waals surface area contributed by atoms with Gasteiger partial charge in [-0.1, -0.05) is 36.6 Å². The first kappa shape index (κ1) is 25.1. The fourth-order valence-corrected chi connectivity index (χ4v) is 3.78. The van der Waals surface area contributed by atoms with E-state index in [0.29, 0.717) is 34.9 Å². The molecule has 186 valence electrons. The van der Waals surface area contributed by atoms with E-state index in [1.54, 1.807) is 42.5 Å². The van der Waals surface area contributed by atoms with E-state index in [1.807, 2.05) is 0 Å². The minimum absolute atomic E-state index is 0.0844. The van der Waals surface area contributed by atoms with E-state index < -0.39 is 0 Å². The molecule has 3 N–H and O–H groups in total. The van der Waals surface area contributed by atoms with Crippen LogP contribution in [0.2, 0.25) is 5.02 Å². The van der Waals surface area contributed by atoms with E-state index in [4.69, 9.17) is 11.6 Å². The summed E-state index contributed by atoms with van der Waals surface area (Å²) in [5.41, 5.74) is 2.93. The number of fused-ring (bicyclic) bond motifs is 1. The third-order valence-corrected chi connectivity index (χ3v) is 5.88. The second-order valence-corrected chi connectivity index (χ2v) is 8.73. The van der Waals surface area contributed by atoms with Crippen LogP contribution < -0.4 is 16.2 Å². The maximum Gasteiger partial charge on any atom is 0.254 e. The number of aromatic amines is 1. The van der Waals surface area contributed by atoms with Crippen molar-refractivity contribution in [2.75, 3.05) is 13.1 Å². The molecule has 2 aromatic heterocycles. The molecule has 11 heteroatoms. The highest BCUT2D eigenvalue weighted by molar-refractivity contribution is 6.30. The lowest BCUT2D eigenvalue weighted by molar-refractivity contribution is -0.121. The number of hydrogen-bond acceptors (Lipinski definition) is 6. The molecule has 0 aliphatic carbocycles. The van der Waals surface area contributed by atoms with Gasteiger partial charge < -0.3 is 10.6 Å². The maximum atomic E-state index is 12.4. The zero-order valence-electron chi connectivity index (χ0n) is 19.5. The first-order valence-electron chi connectivity index (χ1n) is 11.7. The Hall–Kier alpha value is -4.05. The molecule has 0 saturated heterocycles. The Morgan fingerprint density at radius 2 is 1.61 bits per heavy atom. The Kier molecular flexibility index (Phi) is 8.40. The van der Waals surface area contributed by atoms with Gasteiger partial charge in [-0.25, -0.2) is 4.98 Å². The van der Waals surface area contributed by atoms with Crippen molar-refractivity contribution in [1.82, 2.24) is 35.6 Å². The quantitative estimate of drug-likeness (QED) is 0.267. The minimum atomic E-state index is -0.298. The standard InChI is InChI=1S/C25H26ClN7O3/c26-19-8-5-17(6-9-19)21-14-24(35)33(16-29-21)15-23(34)27-11-3-1-2-4-12-28-25(36)18-7-10-20-22(13-18)31-32-30-20/h5-10,13-14,16H,1-4,11-12,15H2,(H,27,34)(H,28,36)(H,30,31,32). The number of aromatic nitrogens is 5. The summed E-state index contributed by atoms with van der Waals surface area (Å²) in [5, 5.41) is 16.8. The monoisotopic (exact) mass is 507 g/mol. The van der Waals surface area contributed by atoms with Crippen molar-refractivity contribution >= 4 is 34.4 Å². The van der Waals surface area contributed by atoms with Crippen molar-refractivity contribution in [3.8, 4) is 11.3 Å². The molecule has 0 aliphatic heterocycles. The number of nitrogens with zero attached hydrogens (tertiary/aromatic N) is 4. The second-order valence-electron chi connectivity index (χ2n) is 8.29. The van der Waals surface area contributed by atoms with Crippen LogP contribution in [0, 0.1) is 0 Å². The zero-order valence-corrected chi connectivity index (χ0v) is 20.3. The van der Waals surface area contributed by atoms with Crippen LogP contribution in [-0.2, 0) is 11.3 Å². The molecule has 0 bridgehead atoms. The number of hydrogen-bond donors (Lipinski definition) is 3. The lowest BCUT2D eigenvalue weighted by atomic mass is 10.1. The number of unbranched alkanes of at least 4 members (excludes halogenated alkanes) is 3. The van der Waals surface area contributed by atoms with Crippen LogP contribution in [0.1, 0.15) is 36.0 Å². The van der Waals surface area contributed by atoms with Crippen LogP contribution in [-0.4, -0.2) is 49.9 Å². The van der Waals surface area contributed by atoms with E-state index in [2.05, 4.69) is 31.0 Å². The van der Waals surface area contributed by atoms with E-state index >= 15 is 0 Å². The Balaban J connectivity index is 1.10.